The minimum atomic E-state index is 0. The molecule has 0 aliphatic rings. The lowest BCUT2D eigenvalue weighted by atomic mass is 10.2. The van der Waals surface area contributed by atoms with E-state index >= 15 is 0 Å². The summed E-state index contributed by atoms with van der Waals surface area (Å²) in [5.41, 5.74) is 1.82. The van der Waals surface area contributed by atoms with Gasteiger partial charge in [-0.05, 0) is 12.1 Å². The van der Waals surface area contributed by atoms with Crippen LogP contribution in [0.2, 0.25) is 0 Å². The van der Waals surface area contributed by atoms with E-state index in [1.807, 2.05) is 36.5 Å². The number of furan rings is 1. The fourth-order valence-corrected chi connectivity index (χ4v) is 1.57. The van der Waals surface area contributed by atoms with E-state index in [4.69, 9.17) is 4.42 Å². The Kier molecular flexibility index (Phi) is 2.14. The van der Waals surface area contributed by atoms with Gasteiger partial charge in [0.1, 0.15) is 11.2 Å². The Labute approximate surface area is 87.0 Å². The van der Waals surface area contributed by atoms with Gasteiger partial charge in [0.25, 0.3) is 0 Å². The standard InChI is InChI=1S/C11H7NO.ClH/c1-2-4-10-8(3-1)9-7-12-6-5-11(9)13-10;/h1-7H;1H. The molecule has 0 aliphatic heterocycles. The van der Waals surface area contributed by atoms with Gasteiger partial charge in [-0.2, -0.15) is 0 Å². The quantitative estimate of drug-likeness (QED) is 0.562. The second-order valence-electron chi connectivity index (χ2n) is 2.97. The van der Waals surface area contributed by atoms with E-state index in [0.717, 1.165) is 21.9 Å². The molecule has 3 heteroatoms. The maximum atomic E-state index is 5.61. The maximum Gasteiger partial charge on any atom is 0.138 e. The third kappa shape index (κ3) is 1.16. The number of hydrogen-bond acceptors (Lipinski definition) is 2. The van der Waals surface area contributed by atoms with Gasteiger partial charge in [0.2, 0.25) is 0 Å². The highest BCUT2D eigenvalue weighted by molar-refractivity contribution is 6.04. The Bertz CT molecular complexity index is 523. The predicted octanol–water partition coefficient (Wildman–Crippen LogP) is 3.40. The smallest absolute Gasteiger partial charge is 0.138 e. The van der Waals surface area contributed by atoms with Crippen molar-refractivity contribution in [2.45, 2.75) is 0 Å². The van der Waals surface area contributed by atoms with Crippen molar-refractivity contribution in [3.8, 4) is 0 Å². The molecule has 0 aliphatic carbocycles. The largest absolute Gasteiger partial charge is 0.456 e. The van der Waals surface area contributed by atoms with Crippen molar-refractivity contribution in [2.24, 2.45) is 0 Å². The number of halogens is 1. The molecule has 3 rings (SSSR count). The van der Waals surface area contributed by atoms with Gasteiger partial charge >= 0.3 is 0 Å². The summed E-state index contributed by atoms with van der Waals surface area (Å²) >= 11 is 0. The Morgan fingerprint density at radius 3 is 2.64 bits per heavy atom. The number of rotatable bonds is 0. The highest BCUT2D eigenvalue weighted by Crippen LogP contribution is 2.26. The molecule has 0 spiro atoms. The number of aromatic nitrogens is 1. The van der Waals surface area contributed by atoms with Crippen LogP contribution in [-0.2, 0) is 0 Å². The number of benzene rings is 1. The lowest BCUT2D eigenvalue weighted by Crippen LogP contribution is -1.67. The van der Waals surface area contributed by atoms with E-state index in [9.17, 15) is 0 Å². The van der Waals surface area contributed by atoms with Crippen molar-refractivity contribution in [1.82, 2.24) is 4.98 Å². The molecule has 0 saturated carbocycles. The summed E-state index contributed by atoms with van der Waals surface area (Å²) in [6.07, 6.45) is 3.58. The zero-order valence-corrected chi connectivity index (χ0v) is 8.12. The molecule has 2 nitrogen and oxygen atoms in total. The van der Waals surface area contributed by atoms with E-state index < -0.39 is 0 Å². The lowest BCUT2D eigenvalue weighted by Gasteiger charge is -1.84. The minimum Gasteiger partial charge on any atom is -0.456 e. The first-order valence-corrected chi connectivity index (χ1v) is 4.16. The Hall–Kier alpha value is -1.54. The summed E-state index contributed by atoms with van der Waals surface area (Å²) in [7, 11) is 0. The fourth-order valence-electron chi connectivity index (χ4n) is 1.57. The topological polar surface area (TPSA) is 26.0 Å². The van der Waals surface area contributed by atoms with Crippen LogP contribution in [0.3, 0.4) is 0 Å². The van der Waals surface area contributed by atoms with Crippen LogP contribution >= 0.6 is 12.4 Å². The van der Waals surface area contributed by atoms with Crippen molar-refractivity contribution < 1.29 is 4.42 Å². The van der Waals surface area contributed by atoms with Gasteiger partial charge in [-0.15, -0.1) is 12.4 Å². The van der Waals surface area contributed by atoms with E-state index in [1.54, 1.807) is 6.20 Å². The van der Waals surface area contributed by atoms with Gasteiger partial charge in [-0.1, -0.05) is 18.2 Å². The average Bonchev–Trinajstić information content (AvgIpc) is 2.56. The first-order chi connectivity index (χ1) is 6.45. The highest BCUT2D eigenvalue weighted by atomic mass is 35.5. The van der Waals surface area contributed by atoms with Crippen molar-refractivity contribution in [1.29, 1.82) is 0 Å². The van der Waals surface area contributed by atoms with E-state index in [-0.39, 0.29) is 12.4 Å². The van der Waals surface area contributed by atoms with Crippen LogP contribution in [0.25, 0.3) is 21.9 Å². The second-order valence-corrected chi connectivity index (χ2v) is 2.97. The monoisotopic (exact) mass is 205 g/mol. The van der Waals surface area contributed by atoms with E-state index in [0.29, 0.717) is 0 Å². The molecule has 2 aromatic heterocycles. The molecule has 0 atom stereocenters. The third-order valence-electron chi connectivity index (χ3n) is 2.18. The summed E-state index contributed by atoms with van der Waals surface area (Å²) < 4.78 is 5.61. The third-order valence-corrected chi connectivity index (χ3v) is 2.18. The number of fused-ring (bicyclic) bond motifs is 3. The fraction of sp³-hybridized carbons (Fsp3) is 0. The van der Waals surface area contributed by atoms with Crippen molar-refractivity contribution in [3.63, 3.8) is 0 Å². The van der Waals surface area contributed by atoms with Gasteiger partial charge in [0, 0.05) is 23.2 Å². The van der Waals surface area contributed by atoms with E-state index in [2.05, 4.69) is 4.98 Å². The summed E-state index contributed by atoms with van der Waals surface area (Å²) in [5, 5.41) is 2.21. The van der Waals surface area contributed by atoms with Gasteiger partial charge in [-0.3, -0.25) is 4.98 Å². The van der Waals surface area contributed by atoms with Crippen molar-refractivity contribution in [2.75, 3.05) is 0 Å². The molecule has 70 valence electrons. The van der Waals surface area contributed by atoms with Crippen LogP contribution in [0, 0.1) is 0 Å². The molecular formula is C11H8ClNO. The van der Waals surface area contributed by atoms with Crippen LogP contribution in [0.15, 0.2) is 47.1 Å². The molecule has 3 aromatic rings. The van der Waals surface area contributed by atoms with Gasteiger partial charge in [0.05, 0.1) is 0 Å². The number of para-hydroxylation sites is 1. The zero-order chi connectivity index (χ0) is 8.67. The zero-order valence-electron chi connectivity index (χ0n) is 7.31. The number of hydrogen-bond donors (Lipinski definition) is 0. The summed E-state index contributed by atoms with van der Waals surface area (Å²) in [6.45, 7) is 0. The molecule has 14 heavy (non-hydrogen) atoms. The maximum absolute atomic E-state index is 5.61. The Balaban J connectivity index is 0.000000750. The lowest BCUT2D eigenvalue weighted by molar-refractivity contribution is 0.668. The predicted molar refractivity (Wildman–Crippen MR) is 58.8 cm³/mol. The molecule has 0 amide bonds. The van der Waals surface area contributed by atoms with Crippen LogP contribution in [-0.4, -0.2) is 4.98 Å². The van der Waals surface area contributed by atoms with Gasteiger partial charge in [-0.25, -0.2) is 0 Å². The van der Waals surface area contributed by atoms with Gasteiger partial charge < -0.3 is 4.42 Å². The Morgan fingerprint density at radius 1 is 0.929 bits per heavy atom. The molecular weight excluding hydrogens is 198 g/mol. The highest BCUT2D eigenvalue weighted by Gasteiger charge is 2.03. The summed E-state index contributed by atoms with van der Waals surface area (Å²) in [6, 6.07) is 9.87. The van der Waals surface area contributed by atoms with Crippen molar-refractivity contribution in [3.05, 3.63) is 42.7 Å². The molecule has 2 heterocycles. The van der Waals surface area contributed by atoms with Gasteiger partial charge in [0.15, 0.2) is 0 Å². The first kappa shape index (κ1) is 9.03. The SMILES string of the molecule is Cl.c1ccc2c(c1)oc1ccncc12. The number of pyridine rings is 1. The van der Waals surface area contributed by atoms with Crippen LogP contribution in [0.5, 0.6) is 0 Å². The van der Waals surface area contributed by atoms with Crippen LogP contribution in [0.1, 0.15) is 0 Å². The van der Waals surface area contributed by atoms with Crippen LogP contribution < -0.4 is 0 Å². The minimum absolute atomic E-state index is 0. The molecule has 0 bridgehead atoms. The van der Waals surface area contributed by atoms with E-state index in [1.165, 1.54) is 0 Å². The summed E-state index contributed by atoms with van der Waals surface area (Å²) in [5.74, 6) is 0. The van der Waals surface area contributed by atoms with Crippen LogP contribution in [0.4, 0.5) is 0 Å². The summed E-state index contributed by atoms with van der Waals surface area (Å²) in [4.78, 5) is 4.08. The molecule has 0 unspecified atom stereocenters. The Morgan fingerprint density at radius 2 is 1.71 bits per heavy atom. The average molecular weight is 206 g/mol. The normalized spacial score (nSPS) is 10.3. The number of nitrogens with zero attached hydrogens (tertiary/aromatic N) is 1. The molecule has 0 radical (unpaired) electrons. The molecule has 0 N–H and O–H groups in total. The second kappa shape index (κ2) is 3.31. The molecule has 0 fully saturated rings. The molecule has 1 aromatic carbocycles. The van der Waals surface area contributed by atoms with Crippen molar-refractivity contribution >= 4 is 34.3 Å². The first-order valence-electron chi connectivity index (χ1n) is 4.16. The molecule has 0 saturated heterocycles.